The SMILES string of the molecule is CCCNC(=O)[C@H](Cc1ccccc1)N(Cc1cccc(OC)c1)C(=O)CN(c1ccc(OCC)cc1)S(=O)(=O)c1ccc(SC)cc1. The number of amides is 2. The highest BCUT2D eigenvalue weighted by atomic mass is 32.2. The number of thioether (sulfide) groups is 1. The van der Waals surface area contributed by atoms with E-state index in [0.717, 1.165) is 20.3 Å². The van der Waals surface area contributed by atoms with Crippen molar-refractivity contribution in [1.29, 1.82) is 0 Å². The van der Waals surface area contributed by atoms with E-state index in [4.69, 9.17) is 9.47 Å². The van der Waals surface area contributed by atoms with Gasteiger partial charge in [0.15, 0.2) is 0 Å². The number of carbonyl (C=O) groups excluding carboxylic acids is 2. The molecule has 0 aliphatic carbocycles. The summed E-state index contributed by atoms with van der Waals surface area (Å²) in [6.07, 6.45) is 2.86. The standard InChI is InChI=1S/C37H43N3O6S2/c1-5-23-38-37(42)35(25-28-11-8-7-9-12-28)39(26-29-13-10-14-32(24-29)45-3)36(41)27-40(30-15-17-31(18-16-30)46-6-2)48(43,44)34-21-19-33(47-4)20-22-34/h7-22,24,35H,5-6,23,25-27H2,1-4H3,(H,38,42)/t35-/m0/s1. The third-order valence-electron chi connectivity index (χ3n) is 7.67. The lowest BCUT2D eigenvalue weighted by atomic mass is 10.0. The summed E-state index contributed by atoms with van der Waals surface area (Å²) < 4.78 is 40.7. The topological polar surface area (TPSA) is 105 Å². The maximum Gasteiger partial charge on any atom is 0.264 e. The summed E-state index contributed by atoms with van der Waals surface area (Å²) >= 11 is 1.50. The second-order valence-corrected chi connectivity index (χ2v) is 13.7. The van der Waals surface area contributed by atoms with Crippen LogP contribution in [0.2, 0.25) is 0 Å². The van der Waals surface area contributed by atoms with Crippen molar-refractivity contribution in [3.8, 4) is 11.5 Å². The molecule has 0 aliphatic heterocycles. The van der Waals surface area contributed by atoms with Crippen LogP contribution >= 0.6 is 11.8 Å². The van der Waals surface area contributed by atoms with Crippen molar-refractivity contribution in [2.75, 3.05) is 37.4 Å². The summed E-state index contributed by atoms with van der Waals surface area (Å²) in [5.41, 5.74) is 1.88. The van der Waals surface area contributed by atoms with Gasteiger partial charge in [-0.1, -0.05) is 49.4 Å². The fraction of sp³-hybridized carbons (Fsp3) is 0.297. The van der Waals surface area contributed by atoms with Gasteiger partial charge in [-0.15, -0.1) is 11.8 Å². The molecule has 0 bridgehead atoms. The Balaban J connectivity index is 1.80. The summed E-state index contributed by atoms with van der Waals surface area (Å²) in [5.74, 6) is 0.315. The lowest BCUT2D eigenvalue weighted by Gasteiger charge is -2.34. The molecule has 4 aromatic carbocycles. The molecule has 0 fully saturated rings. The second-order valence-electron chi connectivity index (χ2n) is 11.0. The maximum absolute atomic E-state index is 14.6. The second kappa shape index (κ2) is 17.6. The molecule has 4 rings (SSSR count). The smallest absolute Gasteiger partial charge is 0.264 e. The Morgan fingerprint density at radius 3 is 2.17 bits per heavy atom. The first-order valence-electron chi connectivity index (χ1n) is 15.8. The number of rotatable bonds is 17. The third kappa shape index (κ3) is 9.54. The van der Waals surface area contributed by atoms with Crippen molar-refractivity contribution in [1.82, 2.24) is 10.2 Å². The Hall–Kier alpha value is -4.48. The van der Waals surface area contributed by atoms with E-state index < -0.39 is 28.5 Å². The van der Waals surface area contributed by atoms with E-state index in [1.165, 1.54) is 28.8 Å². The van der Waals surface area contributed by atoms with Crippen LogP contribution in [0.4, 0.5) is 5.69 Å². The minimum Gasteiger partial charge on any atom is -0.497 e. The Bertz CT molecular complexity index is 1730. The number of hydrogen-bond acceptors (Lipinski definition) is 7. The van der Waals surface area contributed by atoms with Gasteiger partial charge in [0.05, 0.1) is 24.3 Å². The predicted molar refractivity (Wildman–Crippen MR) is 191 cm³/mol. The normalized spacial score (nSPS) is 11.8. The molecule has 1 N–H and O–H groups in total. The molecule has 4 aromatic rings. The number of ether oxygens (including phenoxy) is 2. The van der Waals surface area contributed by atoms with Gasteiger partial charge in [0.1, 0.15) is 24.1 Å². The molecule has 48 heavy (non-hydrogen) atoms. The number of nitrogens with zero attached hydrogens (tertiary/aromatic N) is 2. The lowest BCUT2D eigenvalue weighted by Crippen LogP contribution is -2.53. The van der Waals surface area contributed by atoms with Crippen LogP contribution in [0.3, 0.4) is 0 Å². The van der Waals surface area contributed by atoms with Crippen molar-refractivity contribution in [3.05, 3.63) is 114 Å². The van der Waals surface area contributed by atoms with Gasteiger partial charge in [-0.25, -0.2) is 8.42 Å². The van der Waals surface area contributed by atoms with Crippen LogP contribution in [-0.2, 0) is 32.6 Å². The fourth-order valence-corrected chi connectivity index (χ4v) is 6.99. The Kier molecular flexibility index (Phi) is 13.3. The van der Waals surface area contributed by atoms with Gasteiger partial charge < -0.3 is 19.7 Å². The average molecular weight is 690 g/mol. The minimum absolute atomic E-state index is 0.0443. The zero-order valence-electron chi connectivity index (χ0n) is 27.8. The lowest BCUT2D eigenvalue weighted by molar-refractivity contribution is -0.140. The molecule has 0 unspecified atom stereocenters. The van der Waals surface area contributed by atoms with E-state index in [9.17, 15) is 18.0 Å². The van der Waals surface area contributed by atoms with Crippen molar-refractivity contribution < 1.29 is 27.5 Å². The largest absolute Gasteiger partial charge is 0.497 e. The zero-order valence-corrected chi connectivity index (χ0v) is 29.4. The monoisotopic (exact) mass is 689 g/mol. The van der Waals surface area contributed by atoms with Gasteiger partial charge in [-0.2, -0.15) is 0 Å². The van der Waals surface area contributed by atoms with Gasteiger partial charge in [0.25, 0.3) is 10.0 Å². The Labute approximate surface area is 288 Å². The van der Waals surface area contributed by atoms with Gasteiger partial charge >= 0.3 is 0 Å². The van der Waals surface area contributed by atoms with Crippen LogP contribution in [0, 0.1) is 0 Å². The van der Waals surface area contributed by atoms with Crippen molar-refractivity contribution in [2.45, 2.75) is 49.1 Å². The molecule has 9 nitrogen and oxygen atoms in total. The van der Waals surface area contributed by atoms with E-state index >= 15 is 0 Å². The number of benzene rings is 4. The number of hydrogen-bond donors (Lipinski definition) is 1. The molecule has 11 heteroatoms. The summed E-state index contributed by atoms with van der Waals surface area (Å²) in [6.45, 7) is 4.20. The molecule has 254 valence electrons. The van der Waals surface area contributed by atoms with E-state index in [-0.39, 0.29) is 29.5 Å². The molecule has 0 radical (unpaired) electrons. The van der Waals surface area contributed by atoms with Crippen LogP contribution in [0.5, 0.6) is 11.5 Å². The summed E-state index contributed by atoms with van der Waals surface area (Å²) in [5, 5.41) is 2.96. The number of sulfonamides is 1. The molecular weight excluding hydrogens is 647 g/mol. The number of carbonyl (C=O) groups is 2. The summed E-state index contributed by atoms with van der Waals surface area (Å²) in [6, 6.07) is 28.9. The van der Waals surface area contributed by atoms with Gasteiger partial charge in [0.2, 0.25) is 11.8 Å². The molecule has 2 amide bonds. The molecule has 0 saturated heterocycles. The first kappa shape index (κ1) is 36.4. The summed E-state index contributed by atoms with van der Waals surface area (Å²) in [4.78, 5) is 30.9. The summed E-state index contributed by atoms with van der Waals surface area (Å²) in [7, 11) is -2.66. The Morgan fingerprint density at radius 2 is 1.54 bits per heavy atom. The van der Waals surface area contributed by atoms with Gasteiger partial charge in [-0.05, 0) is 91.4 Å². The molecular formula is C37H43N3O6S2. The zero-order chi connectivity index (χ0) is 34.5. The highest BCUT2D eigenvalue weighted by Gasteiger charge is 2.34. The highest BCUT2D eigenvalue weighted by molar-refractivity contribution is 7.98. The molecule has 0 saturated carbocycles. The molecule has 1 atom stereocenters. The van der Waals surface area contributed by atoms with Crippen LogP contribution in [0.15, 0.2) is 113 Å². The number of nitrogens with one attached hydrogen (secondary N) is 1. The van der Waals surface area contributed by atoms with Crippen LogP contribution in [-0.4, -0.2) is 64.2 Å². The molecule has 0 aromatic heterocycles. The van der Waals surface area contributed by atoms with Crippen LogP contribution in [0.1, 0.15) is 31.4 Å². The average Bonchev–Trinajstić information content (AvgIpc) is 3.12. The fourth-order valence-electron chi connectivity index (χ4n) is 5.17. The first-order valence-corrected chi connectivity index (χ1v) is 18.5. The third-order valence-corrected chi connectivity index (χ3v) is 10.2. The minimum atomic E-state index is -4.22. The van der Waals surface area contributed by atoms with Crippen molar-refractivity contribution >= 4 is 39.3 Å². The molecule has 0 aliphatic rings. The van der Waals surface area contributed by atoms with E-state index in [1.54, 1.807) is 55.6 Å². The number of anilines is 1. The van der Waals surface area contributed by atoms with Crippen molar-refractivity contribution in [3.63, 3.8) is 0 Å². The quantitative estimate of drug-likeness (QED) is 0.132. The maximum atomic E-state index is 14.6. The van der Waals surface area contributed by atoms with E-state index in [2.05, 4.69) is 5.32 Å². The molecule has 0 heterocycles. The van der Waals surface area contributed by atoms with Crippen LogP contribution in [0.25, 0.3) is 0 Å². The van der Waals surface area contributed by atoms with Gasteiger partial charge in [0, 0.05) is 24.4 Å². The van der Waals surface area contributed by atoms with E-state index in [0.29, 0.717) is 31.1 Å². The Morgan fingerprint density at radius 1 is 0.854 bits per heavy atom. The molecule has 0 spiro atoms. The number of methoxy groups -OCH3 is 1. The van der Waals surface area contributed by atoms with Gasteiger partial charge in [-0.3, -0.25) is 13.9 Å². The predicted octanol–water partition coefficient (Wildman–Crippen LogP) is 6.18. The van der Waals surface area contributed by atoms with Crippen molar-refractivity contribution in [2.24, 2.45) is 0 Å². The first-order chi connectivity index (χ1) is 23.2. The van der Waals surface area contributed by atoms with Crippen LogP contribution < -0.4 is 19.1 Å². The van der Waals surface area contributed by atoms with E-state index in [1.807, 2.05) is 62.6 Å². The highest BCUT2D eigenvalue weighted by Crippen LogP contribution is 2.28.